The Bertz CT molecular complexity index is 361. The van der Waals surface area contributed by atoms with Crippen LogP contribution in [0.15, 0.2) is 0 Å². The van der Waals surface area contributed by atoms with Gasteiger partial charge in [0.05, 0.1) is 6.42 Å². The maximum Gasteiger partial charge on any atom is 0.230 e. The van der Waals surface area contributed by atoms with Crippen LogP contribution in [0.4, 0.5) is 11.6 Å². The lowest BCUT2D eigenvalue weighted by atomic mass is 10.2. The summed E-state index contributed by atoms with van der Waals surface area (Å²) >= 11 is 0. The Morgan fingerprint density at radius 1 is 1.50 bits per heavy atom. The van der Waals surface area contributed by atoms with Gasteiger partial charge in [-0.05, 0) is 6.92 Å². The lowest BCUT2D eigenvalue weighted by Gasteiger charge is -2.00. The first kappa shape index (κ1) is 7.02. The van der Waals surface area contributed by atoms with Gasteiger partial charge in [-0.3, -0.25) is 4.79 Å². The average molecular weight is 164 g/mol. The van der Waals surface area contributed by atoms with Crippen molar-refractivity contribution < 1.29 is 4.79 Å². The van der Waals surface area contributed by atoms with Gasteiger partial charge in [-0.2, -0.15) is 0 Å². The highest BCUT2D eigenvalue weighted by atomic mass is 16.1. The van der Waals surface area contributed by atoms with E-state index in [1.807, 2.05) is 0 Å². The molecule has 0 bridgehead atoms. The summed E-state index contributed by atoms with van der Waals surface area (Å²) in [6.07, 6.45) is 0.293. The molecule has 5 nitrogen and oxygen atoms in total. The second-order valence-corrected chi connectivity index (χ2v) is 2.71. The number of anilines is 2. The Morgan fingerprint density at radius 2 is 2.25 bits per heavy atom. The number of amides is 1. The lowest BCUT2D eigenvalue weighted by molar-refractivity contribution is -0.115. The highest BCUT2D eigenvalue weighted by Gasteiger charge is 2.22. The topological polar surface area (TPSA) is 80.9 Å². The molecule has 0 saturated carbocycles. The van der Waals surface area contributed by atoms with Gasteiger partial charge >= 0.3 is 0 Å². The van der Waals surface area contributed by atoms with Crippen LogP contribution in [0.3, 0.4) is 0 Å². The summed E-state index contributed by atoms with van der Waals surface area (Å²) in [4.78, 5) is 18.9. The van der Waals surface area contributed by atoms with Gasteiger partial charge in [0.2, 0.25) is 5.91 Å². The molecular weight excluding hydrogens is 156 g/mol. The first-order valence-corrected chi connectivity index (χ1v) is 3.59. The van der Waals surface area contributed by atoms with Crippen molar-refractivity contribution in [3.8, 4) is 0 Å². The van der Waals surface area contributed by atoms with Crippen molar-refractivity contribution in [2.24, 2.45) is 0 Å². The summed E-state index contributed by atoms with van der Waals surface area (Å²) in [5.74, 6) is 1.46. The van der Waals surface area contributed by atoms with Crippen LogP contribution in [-0.2, 0) is 11.2 Å². The highest BCUT2D eigenvalue weighted by Crippen LogP contribution is 2.24. The molecular formula is C7H8N4O. The summed E-state index contributed by atoms with van der Waals surface area (Å²) in [6.45, 7) is 1.74. The number of nitrogens with zero attached hydrogens (tertiary/aromatic N) is 2. The molecule has 0 radical (unpaired) electrons. The first-order chi connectivity index (χ1) is 5.66. The van der Waals surface area contributed by atoms with E-state index in [4.69, 9.17) is 5.73 Å². The highest BCUT2D eigenvalue weighted by molar-refractivity contribution is 5.99. The molecule has 3 N–H and O–H groups in total. The molecule has 0 spiro atoms. The molecule has 0 atom stereocenters. The second-order valence-electron chi connectivity index (χ2n) is 2.71. The summed E-state index contributed by atoms with van der Waals surface area (Å²) in [6, 6.07) is 0. The number of nitrogen functional groups attached to an aromatic ring is 1. The van der Waals surface area contributed by atoms with Crippen LogP contribution in [0.1, 0.15) is 11.4 Å². The number of nitrogens with one attached hydrogen (secondary N) is 1. The van der Waals surface area contributed by atoms with E-state index in [1.165, 1.54) is 0 Å². The van der Waals surface area contributed by atoms with Crippen molar-refractivity contribution in [3.05, 3.63) is 11.4 Å². The standard InChI is InChI=1S/C7H8N4O/c1-3-9-6(8)4-2-5(12)11-7(4)10-3/h2H2,1H3,(H3,8,9,10,11,12). The molecule has 1 aromatic rings. The number of rotatable bonds is 0. The molecule has 1 aromatic heterocycles. The van der Waals surface area contributed by atoms with Crippen LogP contribution in [-0.4, -0.2) is 15.9 Å². The fourth-order valence-electron chi connectivity index (χ4n) is 1.23. The van der Waals surface area contributed by atoms with Crippen molar-refractivity contribution in [3.63, 3.8) is 0 Å². The summed E-state index contributed by atoms with van der Waals surface area (Å²) in [5.41, 5.74) is 6.31. The van der Waals surface area contributed by atoms with E-state index in [0.717, 1.165) is 0 Å². The molecule has 0 fully saturated rings. The van der Waals surface area contributed by atoms with Gasteiger partial charge in [-0.25, -0.2) is 9.97 Å². The first-order valence-electron chi connectivity index (χ1n) is 3.59. The van der Waals surface area contributed by atoms with E-state index in [1.54, 1.807) is 6.92 Å². The minimum atomic E-state index is -0.0726. The monoisotopic (exact) mass is 164 g/mol. The molecule has 2 rings (SSSR count). The normalized spacial score (nSPS) is 14.2. The van der Waals surface area contributed by atoms with E-state index in [-0.39, 0.29) is 5.91 Å². The minimum Gasteiger partial charge on any atom is -0.383 e. The largest absolute Gasteiger partial charge is 0.383 e. The molecule has 62 valence electrons. The third-order valence-corrected chi connectivity index (χ3v) is 1.75. The van der Waals surface area contributed by atoms with Gasteiger partial charge < -0.3 is 11.1 Å². The molecule has 12 heavy (non-hydrogen) atoms. The number of nitrogens with two attached hydrogens (primary N) is 1. The van der Waals surface area contributed by atoms with Gasteiger partial charge in [-0.1, -0.05) is 0 Å². The maximum atomic E-state index is 10.9. The Hall–Kier alpha value is -1.65. The molecule has 0 saturated heterocycles. The van der Waals surface area contributed by atoms with Crippen molar-refractivity contribution in [1.82, 2.24) is 9.97 Å². The van der Waals surface area contributed by atoms with E-state index in [9.17, 15) is 4.79 Å². The van der Waals surface area contributed by atoms with Crippen molar-refractivity contribution >= 4 is 17.5 Å². The Morgan fingerprint density at radius 3 is 3.00 bits per heavy atom. The van der Waals surface area contributed by atoms with Gasteiger partial charge in [-0.15, -0.1) is 0 Å². The van der Waals surface area contributed by atoms with E-state index >= 15 is 0 Å². The Kier molecular flexibility index (Phi) is 1.27. The summed E-state index contributed by atoms with van der Waals surface area (Å²) in [7, 11) is 0. The molecule has 1 aliphatic heterocycles. The number of aryl methyl sites for hydroxylation is 1. The van der Waals surface area contributed by atoms with Crippen LogP contribution in [0.5, 0.6) is 0 Å². The third-order valence-electron chi connectivity index (χ3n) is 1.75. The van der Waals surface area contributed by atoms with Gasteiger partial charge in [0.1, 0.15) is 17.5 Å². The van der Waals surface area contributed by atoms with Crippen molar-refractivity contribution in [2.75, 3.05) is 11.1 Å². The maximum absolute atomic E-state index is 10.9. The smallest absolute Gasteiger partial charge is 0.230 e. The molecule has 0 aliphatic carbocycles. The molecule has 1 amide bonds. The van der Waals surface area contributed by atoms with Gasteiger partial charge in [0.25, 0.3) is 0 Å². The van der Waals surface area contributed by atoms with Crippen molar-refractivity contribution in [2.45, 2.75) is 13.3 Å². The molecule has 2 heterocycles. The molecule has 0 aromatic carbocycles. The SMILES string of the molecule is Cc1nc(N)c2c(n1)NC(=O)C2. The van der Waals surface area contributed by atoms with Crippen LogP contribution in [0.25, 0.3) is 0 Å². The van der Waals surface area contributed by atoms with Crippen LogP contribution in [0, 0.1) is 6.92 Å². The Labute approximate surface area is 69.0 Å². The van der Waals surface area contributed by atoms with E-state index < -0.39 is 0 Å². The summed E-state index contributed by atoms with van der Waals surface area (Å²) in [5, 5.41) is 2.61. The number of carbonyl (C=O) groups excluding carboxylic acids is 1. The van der Waals surface area contributed by atoms with Gasteiger partial charge in [0.15, 0.2) is 0 Å². The summed E-state index contributed by atoms with van der Waals surface area (Å²) < 4.78 is 0. The van der Waals surface area contributed by atoms with Crippen LogP contribution < -0.4 is 11.1 Å². The zero-order valence-corrected chi connectivity index (χ0v) is 6.59. The quantitative estimate of drug-likeness (QED) is 0.559. The number of fused-ring (bicyclic) bond motifs is 1. The molecule has 1 aliphatic rings. The van der Waals surface area contributed by atoms with Crippen molar-refractivity contribution in [1.29, 1.82) is 0 Å². The van der Waals surface area contributed by atoms with E-state index in [2.05, 4.69) is 15.3 Å². The van der Waals surface area contributed by atoms with Gasteiger partial charge in [0, 0.05) is 5.56 Å². The Balaban J connectivity index is 2.59. The minimum absolute atomic E-state index is 0.0726. The number of hydrogen-bond acceptors (Lipinski definition) is 4. The molecule has 5 heteroatoms. The fourth-order valence-corrected chi connectivity index (χ4v) is 1.23. The zero-order valence-electron chi connectivity index (χ0n) is 6.59. The fraction of sp³-hybridized carbons (Fsp3) is 0.286. The number of aromatic nitrogens is 2. The number of hydrogen-bond donors (Lipinski definition) is 2. The lowest BCUT2D eigenvalue weighted by Crippen LogP contribution is -2.04. The average Bonchev–Trinajstić information content (AvgIpc) is 2.29. The number of carbonyl (C=O) groups is 1. The van der Waals surface area contributed by atoms with Crippen LogP contribution >= 0.6 is 0 Å². The second kappa shape index (κ2) is 2.17. The predicted octanol–water partition coefficient (Wildman–Crippen LogP) is -0.138. The third kappa shape index (κ3) is 0.903. The van der Waals surface area contributed by atoms with E-state index in [0.29, 0.717) is 29.4 Å². The molecule has 0 unspecified atom stereocenters. The predicted molar refractivity (Wildman–Crippen MR) is 43.5 cm³/mol. The zero-order chi connectivity index (χ0) is 8.72. The van der Waals surface area contributed by atoms with Crippen LogP contribution in [0.2, 0.25) is 0 Å².